The molecule has 2 heterocycles. The highest BCUT2D eigenvalue weighted by Gasteiger charge is 2.36. The van der Waals surface area contributed by atoms with Crippen molar-refractivity contribution in [3.63, 3.8) is 0 Å². The van der Waals surface area contributed by atoms with Gasteiger partial charge >= 0.3 is 0 Å². The molecule has 0 bridgehead atoms. The predicted octanol–water partition coefficient (Wildman–Crippen LogP) is 3.15. The Hall–Kier alpha value is -1.50. The Morgan fingerprint density at radius 2 is 1.75 bits per heavy atom. The van der Waals surface area contributed by atoms with Crippen molar-refractivity contribution in [1.82, 2.24) is 9.78 Å². The summed E-state index contributed by atoms with van der Waals surface area (Å²) in [6.45, 7) is 4.08. The molecule has 2 aliphatic rings. The number of aryl methyl sites for hydroxylation is 2. The van der Waals surface area contributed by atoms with Crippen LogP contribution in [0.5, 0.6) is 0 Å². The minimum absolute atomic E-state index is 0.606. The van der Waals surface area contributed by atoms with Crippen LogP contribution in [0.2, 0.25) is 0 Å². The van der Waals surface area contributed by atoms with Crippen LogP contribution in [0.4, 0.5) is 5.82 Å². The molecule has 20 heavy (non-hydrogen) atoms. The van der Waals surface area contributed by atoms with Gasteiger partial charge < -0.3 is 4.90 Å². The standard InChI is InChI=1S/C16H24N4/c1-13-14(12-17)15(19(2)18-13)20-10-8-16(9-11-20)6-4-3-5-7-16/h3-11H2,1-2H3. The van der Waals surface area contributed by atoms with Crippen molar-refractivity contribution in [2.75, 3.05) is 18.0 Å². The van der Waals surface area contributed by atoms with E-state index in [1.54, 1.807) is 0 Å². The molecule has 3 rings (SSSR count). The summed E-state index contributed by atoms with van der Waals surface area (Å²) in [7, 11) is 1.95. The van der Waals surface area contributed by atoms with Crippen molar-refractivity contribution >= 4 is 5.82 Å². The first-order chi connectivity index (χ1) is 9.65. The average molecular weight is 272 g/mol. The van der Waals surface area contributed by atoms with Crippen LogP contribution in [0.3, 0.4) is 0 Å². The van der Waals surface area contributed by atoms with Crippen LogP contribution < -0.4 is 4.90 Å². The normalized spacial score (nSPS) is 21.9. The number of nitriles is 1. The third kappa shape index (κ3) is 2.19. The van der Waals surface area contributed by atoms with E-state index in [2.05, 4.69) is 16.1 Å². The monoisotopic (exact) mass is 272 g/mol. The molecule has 1 saturated heterocycles. The molecule has 4 nitrogen and oxygen atoms in total. The molecular formula is C16H24N4. The lowest BCUT2D eigenvalue weighted by Crippen LogP contribution is -2.42. The van der Waals surface area contributed by atoms with E-state index in [9.17, 15) is 5.26 Å². The molecule has 1 aromatic rings. The van der Waals surface area contributed by atoms with E-state index < -0.39 is 0 Å². The topological polar surface area (TPSA) is 44.9 Å². The van der Waals surface area contributed by atoms with E-state index in [1.165, 1.54) is 44.9 Å². The van der Waals surface area contributed by atoms with E-state index in [-0.39, 0.29) is 0 Å². The van der Waals surface area contributed by atoms with E-state index in [1.807, 2.05) is 18.7 Å². The van der Waals surface area contributed by atoms with Crippen LogP contribution in [-0.4, -0.2) is 22.9 Å². The Morgan fingerprint density at radius 1 is 1.10 bits per heavy atom. The molecule has 0 unspecified atom stereocenters. The maximum atomic E-state index is 9.36. The Morgan fingerprint density at radius 3 is 2.35 bits per heavy atom. The zero-order valence-corrected chi connectivity index (χ0v) is 12.7. The van der Waals surface area contributed by atoms with Crippen molar-refractivity contribution in [3.05, 3.63) is 11.3 Å². The van der Waals surface area contributed by atoms with E-state index in [0.29, 0.717) is 5.41 Å². The Kier molecular flexibility index (Phi) is 3.45. The van der Waals surface area contributed by atoms with Crippen LogP contribution in [-0.2, 0) is 7.05 Å². The van der Waals surface area contributed by atoms with Crippen LogP contribution in [0.25, 0.3) is 0 Å². The quantitative estimate of drug-likeness (QED) is 0.789. The molecule has 2 fully saturated rings. The van der Waals surface area contributed by atoms with Gasteiger partial charge in [-0.05, 0) is 38.0 Å². The summed E-state index contributed by atoms with van der Waals surface area (Å²) < 4.78 is 1.88. The molecule has 1 aliphatic heterocycles. The van der Waals surface area contributed by atoms with Crippen LogP contribution >= 0.6 is 0 Å². The summed E-state index contributed by atoms with van der Waals surface area (Å²) in [6.07, 6.45) is 9.63. The molecule has 1 aromatic heterocycles. The molecule has 1 saturated carbocycles. The van der Waals surface area contributed by atoms with Crippen LogP contribution in [0.1, 0.15) is 56.2 Å². The van der Waals surface area contributed by atoms with E-state index in [0.717, 1.165) is 30.2 Å². The summed E-state index contributed by atoms with van der Waals surface area (Å²) >= 11 is 0. The largest absolute Gasteiger partial charge is 0.356 e. The zero-order chi connectivity index (χ0) is 14.2. The Balaban J connectivity index is 1.77. The van der Waals surface area contributed by atoms with Gasteiger partial charge in [-0.2, -0.15) is 10.4 Å². The molecule has 0 atom stereocenters. The summed E-state index contributed by atoms with van der Waals surface area (Å²) in [5.41, 5.74) is 2.21. The van der Waals surface area contributed by atoms with Gasteiger partial charge in [0, 0.05) is 20.1 Å². The molecular weight excluding hydrogens is 248 g/mol. The predicted molar refractivity (Wildman–Crippen MR) is 79.6 cm³/mol. The summed E-state index contributed by atoms with van der Waals surface area (Å²) in [5.74, 6) is 1.02. The minimum Gasteiger partial charge on any atom is -0.356 e. The highest BCUT2D eigenvalue weighted by molar-refractivity contribution is 5.57. The fraction of sp³-hybridized carbons (Fsp3) is 0.750. The fourth-order valence-corrected chi connectivity index (χ4v) is 4.13. The van der Waals surface area contributed by atoms with Crippen molar-refractivity contribution in [3.8, 4) is 6.07 Å². The lowest BCUT2D eigenvalue weighted by atomic mass is 9.68. The molecule has 108 valence electrons. The SMILES string of the molecule is Cc1nn(C)c(N2CCC3(CCCCC3)CC2)c1C#N. The van der Waals surface area contributed by atoms with E-state index >= 15 is 0 Å². The van der Waals surface area contributed by atoms with Crippen molar-refractivity contribution < 1.29 is 0 Å². The van der Waals surface area contributed by atoms with Gasteiger partial charge in [-0.1, -0.05) is 19.3 Å². The van der Waals surface area contributed by atoms with Gasteiger partial charge in [0.25, 0.3) is 0 Å². The first-order valence-corrected chi connectivity index (χ1v) is 7.84. The number of piperidine rings is 1. The smallest absolute Gasteiger partial charge is 0.144 e. The number of rotatable bonds is 1. The molecule has 1 spiro atoms. The first kappa shape index (κ1) is 13.5. The molecule has 0 amide bonds. The maximum Gasteiger partial charge on any atom is 0.144 e. The Labute approximate surface area is 121 Å². The second kappa shape index (κ2) is 5.12. The lowest BCUT2D eigenvalue weighted by molar-refractivity contribution is 0.144. The second-order valence-corrected chi connectivity index (χ2v) is 6.57. The zero-order valence-electron chi connectivity index (χ0n) is 12.7. The minimum atomic E-state index is 0.606. The van der Waals surface area contributed by atoms with Gasteiger partial charge in [-0.15, -0.1) is 0 Å². The summed E-state index contributed by atoms with van der Waals surface area (Å²) in [6, 6.07) is 2.33. The van der Waals surface area contributed by atoms with Crippen molar-refractivity contribution in [2.45, 2.75) is 51.9 Å². The van der Waals surface area contributed by atoms with Gasteiger partial charge in [-0.3, -0.25) is 4.68 Å². The van der Waals surface area contributed by atoms with Gasteiger partial charge in [0.2, 0.25) is 0 Å². The molecule has 0 aromatic carbocycles. The van der Waals surface area contributed by atoms with Gasteiger partial charge in [0.1, 0.15) is 17.5 Å². The average Bonchev–Trinajstić information content (AvgIpc) is 2.75. The molecule has 0 N–H and O–H groups in total. The Bertz CT molecular complexity index is 521. The molecule has 0 radical (unpaired) electrons. The first-order valence-electron chi connectivity index (χ1n) is 7.84. The number of hydrogen-bond donors (Lipinski definition) is 0. The maximum absolute atomic E-state index is 9.36. The fourth-order valence-electron chi connectivity index (χ4n) is 4.13. The highest BCUT2D eigenvalue weighted by atomic mass is 15.4. The summed E-state index contributed by atoms with van der Waals surface area (Å²) in [5, 5.41) is 13.8. The van der Waals surface area contributed by atoms with Gasteiger partial charge in [-0.25, -0.2) is 0 Å². The third-order valence-electron chi connectivity index (χ3n) is 5.34. The number of anilines is 1. The van der Waals surface area contributed by atoms with Crippen LogP contribution in [0.15, 0.2) is 0 Å². The number of nitrogens with zero attached hydrogens (tertiary/aromatic N) is 4. The number of hydrogen-bond acceptors (Lipinski definition) is 3. The third-order valence-corrected chi connectivity index (χ3v) is 5.34. The number of aromatic nitrogens is 2. The van der Waals surface area contributed by atoms with Crippen LogP contribution in [0, 0.1) is 23.7 Å². The summed E-state index contributed by atoms with van der Waals surface area (Å²) in [4.78, 5) is 2.37. The molecule has 1 aliphatic carbocycles. The van der Waals surface area contributed by atoms with Crippen molar-refractivity contribution in [2.24, 2.45) is 12.5 Å². The molecule has 4 heteroatoms. The van der Waals surface area contributed by atoms with Gasteiger partial charge in [0.15, 0.2) is 0 Å². The van der Waals surface area contributed by atoms with E-state index in [4.69, 9.17) is 0 Å². The lowest BCUT2D eigenvalue weighted by Gasteiger charge is -2.44. The highest BCUT2D eigenvalue weighted by Crippen LogP contribution is 2.45. The second-order valence-electron chi connectivity index (χ2n) is 6.57. The van der Waals surface area contributed by atoms with Crippen molar-refractivity contribution in [1.29, 1.82) is 5.26 Å². The van der Waals surface area contributed by atoms with Gasteiger partial charge in [0.05, 0.1) is 5.69 Å².